The normalized spacial score (nSPS) is 12.7. The van der Waals surface area contributed by atoms with Gasteiger partial charge in [0.2, 0.25) is 5.91 Å². The molecule has 0 radical (unpaired) electrons. The standard InChI is InChI=1S/C40H51N3O8/c1-38(2,3)49-34(44)21-22-42(25-30-28-16-12-11-15-26(28)19-20-33(30)48-10)35(45)31(41-36(46)50-39(4,5)6)23-27-24-43(37(47)51-40(7,8)9)32-18-14-13-17-29(27)32/h11-20,24,31H,21-23,25H2,1-10H3,(H,41,46)/t31-/m0/s1. The third-order valence-electron chi connectivity index (χ3n) is 7.68. The molecule has 0 spiro atoms. The predicted molar refractivity (Wildman–Crippen MR) is 197 cm³/mol. The number of nitrogens with zero attached hydrogens (tertiary/aromatic N) is 2. The molecular weight excluding hydrogens is 650 g/mol. The molecule has 0 saturated carbocycles. The van der Waals surface area contributed by atoms with Crippen LogP contribution in [0.2, 0.25) is 0 Å². The van der Waals surface area contributed by atoms with Crippen LogP contribution < -0.4 is 10.1 Å². The lowest BCUT2D eigenvalue weighted by molar-refractivity contribution is -0.155. The lowest BCUT2D eigenvalue weighted by Crippen LogP contribution is -2.51. The summed E-state index contributed by atoms with van der Waals surface area (Å²) < 4.78 is 24.0. The minimum absolute atomic E-state index is 0.00397. The first kappa shape index (κ1) is 38.7. The van der Waals surface area contributed by atoms with Crippen LogP contribution >= 0.6 is 0 Å². The van der Waals surface area contributed by atoms with Crippen LogP contribution in [0.5, 0.6) is 5.75 Å². The Kier molecular flexibility index (Phi) is 11.7. The third kappa shape index (κ3) is 10.7. The van der Waals surface area contributed by atoms with E-state index in [0.717, 1.165) is 16.3 Å². The quantitative estimate of drug-likeness (QED) is 0.131. The zero-order chi connectivity index (χ0) is 37.7. The number of alkyl carbamates (subject to hydrolysis) is 1. The molecule has 0 saturated heterocycles. The first-order chi connectivity index (χ1) is 23.7. The molecular formula is C40H51N3O8. The number of ether oxygens (including phenoxy) is 4. The molecule has 4 rings (SSSR count). The SMILES string of the molecule is COc1ccc2ccccc2c1CN(CCC(=O)OC(C)(C)C)C(=O)[C@H](Cc1cn(C(=O)OC(C)(C)C)c2ccccc12)NC(=O)OC(C)(C)C. The Morgan fingerprint density at radius 2 is 1.37 bits per heavy atom. The lowest BCUT2D eigenvalue weighted by atomic mass is 10.0. The molecule has 3 aromatic carbocycles. The van der Waals surface area contributed by atoms with Crippen molar-refractivity contribution in [2.24, 2.45) is 0 Å². The highest BCUT2D eigenvalue weighted by Crippen LogP contribution is 2.30. The van der Waals surface area contributed by atoms with Gasteiger partial charge in [0.15, 0.2) is 0 Å². The Morgan fingerprint density at radius 3 is 2.00 bits per heavy atom. The van der Waals surface area contributed by atoms with Crippen molar-refractivity contribution >= 4 is 45.7 Å². The lowest BCUT2D eigenvalue weighted by Gasteiger charge is -2.30. The smallest absolute Gasteiger partial charge is 0.419 e. The maximum absolute atomic E-state index is 14.8. The molecule has 0 aliphatic carbocycles. The van der Waals surface area contributed by atoms with Gasteiger partial charge in [0, 0.05) is 36.7 Å². The highest BCUT2D eigenvalue weighted by Gasteiger charge is 2.32. The summed E-state index contributed by atoms with van der Waals surface area (Å²) in [6.07, 6.45) is 0.188. The molecule has 0 fully saturated rings. The fourth-order valence-electron chi connectivity index (χ4n) is 5.71. The van der Waals surface area contributed by atoms with Crippen molar-refractivity contribution < 1.29 is 38.1 Å². The molecule has 274 valence electrons. The third-order valence-corrected chi connectivity index (χ3v) is 7.68. The topological polar surface area (TPSA) is 125 Å². The Morgan fingerprint density at radius 1 is 0.765 bits per heavy atom. The minimum Gasteiger partial charge on any atom is -0.496 e. The van der Waals surface area contributed by atoms with E-state index in [2.05, 4.69) is 5.32 Å². The van der Waals surface area contributed by atoms with Gasteiger partial charge in [-0.15, -0.1) is 0 Å². The molecule has 0 aliphatic rings. The van der Waals surface area contributed by atoms with Crippen LogP contribution in [-0.4, -0.2) is 70.0 Å². The van der Waals surface area contributed by atoms with Gasteiger partial charge >= 0.3 is 18.2 Å². The largest absolute Gasteiger partial charge is 0.496 e. The molecule has 0 bridgehead atoms. The summed E-state index contributed by atoms with van der Waals surface area (Å²) in [5, 5.41) is 5.34. The van der Waals surface area contributed by atoms with Gasteiger partial charge < -0.3 is 29.2 Å². The second-order valence-electron chi connectivity index (χ2n) is 15.5. The van der Waals surface area contributed by atoms with Gasteiger partial charge in [0.25, 0.3) is 0 Å². The molecule has 0 unspecified atom stereocenters. The van der Waals surface area contributed by atoms with Crippen LogP contribution in [0, 0.1) is 0 Å². The number of rotatable bonds is 10. The van der Waals surface area contributed by atoms with Crippen LogP contribution in [0.25, 0.3) is 21.7 Å². The number of hydrogen-bond donors (Lipinski definition) is 1. The molecule has 1 atom stereocenters. The Hall–Kier alpha value is -5.06. The molecule has 11 nitrogen and oxygen atoms in total. The molecule has 1 heterocycles. The second kappa shape index (κ2) is 15.4. The molecule has 1 aromatic heterocycles. The number of hydrogen-bond acceptors (Lipinski definition) is 8. The van der Waals surface area contributed by atoms with E-state index in [4.69, 9.17) is 18.9 Å². The zero-order valence-electron chi connectivity index (χ0n) is 31.4. The predicted octanol–water partition coefficient (Wildman–Crippen LogP) is 7.78. The highest BCUT2D eigenvalue weighted by atomic mass is 16.6. The van der Waals surface area contributed by atoms with Crippen molar-refractivity contribution in [2.45, 2.75) is 105 Å². The van der Waals surface area contributed by atoms with Crippen molar-refractivity contribution in [3.8, 4) is 5.75 Å². The van der Waals surface area contributed by atoms with E-state index < -0.39 is 46.9 Å². The fraction of sp³-hybridized carbons (Fsp3) is 0.450. The molecule has 11 heteroatoms. The number of nitrogens with one attached hydrogen (secondary N) is 1. The van der Waals surface area contributed by atoms with Gasteiger partial charge in [0.1, 0.15) is 28.6 Å². The number of fused-ring (bicyclic) bond motifs is 2. The number of carbonyl (C=O) groups is 4. The van der Waals surface area contributed by atoms with Gasteiger partial charge in [-0.2, -0.15) is 0 Å². The Bertz CT molecular complexity index is 1890. The minimum atomic E-state index is -1.16. The van der Waals surface area contributed by atoms with E-state index in [1.165, 1.54) is 9.47 Å². The van der Waals surface area contributed by atoms with Crippen LogP contribution in [0.1, 0.15) is 79.9 Å². The van der Waals surface area contributed by atoms with Crippen molar-refractivity contribution in [2.75, 3.05) is 13.7 Å². The van der Waals surface area contributed by atoms with E-state index in [1.807, 2.05) is 54.6 Å². The van der Waals surface area contributed by atoms with Crippen molar-refractivity contribution in [3.05, 3.63) is 78.0 Å². The van der Waals surface area contributed by atoms with Crippen LogP contribution in [0.4, 0.5) is 9.59 Å². The maximum atomic E-state index is 14.8. The van der Waals surface area contributed by atoms with E-state index in [1.54, 1.807) is 81.7 Å². The van der Waals surface area contributed by atoms with Crippen molar-refractivity contribution in [1.29, 1.82) is 0 Å². The number of esters is 1. The van der Waals surface area contributed by atoms with Gasteiger partial charge in [-0.3, -0.25) is 14.2 Å². The summed E-state index contributed by atoms with van der Waals surface area (Å²) in [6.45, 7) is 16.0. The van der Waals surface area contributed by atoms with Crippen molar-refractivity contribution in [3.63, 3.8) is 0 Å². The van der Waals surface area contributed by atoms with Crippen LogP contribution in [0.3, 0.4) is 0 Å². The average Bonchev–Trinajstić information content (AvgIpc) is 3.38. The number of carbonyl (C=O) groups excluding carboxylic acids is 4. The first-order valence-corrected chi connectivity index (χ1v) is 17.1. The Labute approximate surface area is 300 Å². The summed E-state index contributed by atoms with van der Waals surface area (Å²) in [4.78, 5) is 55.9. The van der Waals surface area contributed by atoms with Gasteiger partial charge in [-0.1, -0.05) is 48.5 Å². The monoisotopic (exact) mass is 701 g/mol. The second-order valence-corrected chi connectivity index (χ2v) is 15.5. The molecule has 2 amide bonds. The van der Waals surface area contributed by atoms with Gasteiger partial charge in [-0.25, -0.2) is 9.59 Å². The summed E-state index contributed by atoms with van der Waals surface area (Å²) in [6, 6.07) is 17.7. The van der Waals surface area contributed by atoms with Crippen LogP contribution in [0.15, 0.2) is 66.9 Å². The number of benzene rings is 3. The Balaban J connectivity index is 1.79. The molecule has 51 heavy (non-hydrogen) atoms. The summed E-state index contributed by atoms with van der Waals surface area (Å²) in [5.41, 5.74) is -0.333. The van der Waals surface area contributed by atoms with Crippen LogP contribution in [-0.2, 0) is 36.8 Å². The number of methoxy groups -OCH3 is 1. The molecule has 1 N–H and O–H groups in total. The average molecular weight is 702 g/mol. The molecule has 4 aromatic rings. The summed E-state index contributed by atoms with van der Waals surface area (Å²) in [7, 11) is 1.56. The highest BCUT2D eigenvalue weighted by molar-refractivity contribution is 5.94. The fourth-order valence-corrected chi connectivity index (χ4v) is 5.71. The summed E-state index contributed by atoms with van der Waals surface area (Å²) in [5.74, 6) is -0.364. The maximum Gasteiger partial charge on any atom is 0.419 e. The van der Waals surface area contributed by atoms with E-state index in [-0.39, 0.29) is 25.9 Å². The number of para-hydroxylation sites is 1. The summed E-state index contributed by atoms with van der Waals surface area (Å²) >= 11 is 0. The number of amides is 2. The van der Waals surface area contributed by atoms with E-state index in [0.29, 0.717) is 22.2 Å². The number of aromatic nitrogens is 1. The molecule has 0 aliphatic heterocycles. The van der Waals surface area contributed by atoms with E-state index >= 15 is 0 Å². The van der Waals surface area contributed by atoms with Gasteiger partial charge in [0.05, 0.1) is 19.0 Å². The zero-order valence-corrected chi connectivity index (χ0v) is 31.4. The first-order valence-electron chi connectivity index (χ1n) is 17.1. The van der Waals surface area contributed by atoms with E-state index in [9.17, 15) is 19.2 Å². The van der Waals surface area contributed by atoms with Gasteiger partial charge in [-0.05, 0) is 90.8 Å². The van der Waals surface area contributed by atoms with Crippen molar-refractivity contribution in [1.82, 2.24) is 14.8 Å².